The van der Waals surface area contributed by atoms with Gasteiger partial charge in [-0.25, -0.2) is 23.2 Å². The first kappa shape index (κ1) is 23.8. The molecule has 1 aromatic carbocycles. The molecule has 2 fully saturated rings. The molecule has 3 aliphatic rings. The summed E-state index contributed by atoms with van der Waals surface area (Å²) < 4.78 is 29.4. The molecule has 1 saturated heterocycles. The average Bonchev–Trinajstić information content (AvgIpc) is 3.14. The number of sulfone groups is 1. The van der Waals surface area contributed by atoms with Crippen molar-refractivity contribution in [1.29, 1.82) is 0 Å². The molecule has 1 saturated carbocycles. The molecule has 0 radical (unpaired) electrons. The Balaban J connectivity index is 1.30. The fourth-order valence-corrected chi connectivity index (χ4v) is 6.12. The monoisotopic (exact) mass is 499 g/mol. The van der Waals surface area contributed by atoms with E-state index < -0.39 is 15.4 Å². The highest BCUT2D eigenvalue weighted by atomic mass is 32.2. The van der Waals surface area contributed by atoms with E-state index in [2.05, 4.69) is 26.7 Å². The van der Waals surface area contributed by atoms with Crippen LogP contribution < -0.4 is 9.80 Å². The maximum atomic E-state index is 12.4. The van der Waals surface area contributed by atoms with Gasteiger partial charge in [0.2, 0.25) is 0 Å². The Kier molecular flexibility index (Phi) is 5.69. The number of fused-ring (bicyclic) bond motifs is 2. The van der Waals surface area contributed by atoms with Gasteiger partial charge in [0.25, 0.3) is 0 Å². The predicted molar refractivity (Wildman–Crippen MR) is 134 cm³/mol. The number of benzene rings is 1. The van der Waals surface area contributed by atoms with Gasteiger partial charge in [0.1, 0.15) is 23.6 Å². The number of carbonyl (C=O) groups is 1. The third-order valence-electron chi connectivity index (χ3n) is 7.08. The maximum absolute atomic E-state index is 12.4. The molecule has 2 aromatic rings. The van der Waals surface area contributed by atoms with Gasteiger partial charge < -0.3 is 19.4 Å². The SMILES string of the molecule is CCN(c1cc(N2CCc3cc(S(C)(=O)=O)ccc32)ncn1)C1C2CN(C(=O)OC(C)(C)C)C[C@H]21. The highest BCUT2D eigenvalue weighted by molar-refractivity contribution is 7.90. The lowest BCUT2D eigenvalue weighted by Gasteiger charge is -2.29. The summed E-state index contributed by atoms with van der Waals surface area (Å²) in [7, 11) is -3.24. The molecule has 0 bridgehead atoms. The van der Waals surface area contributed by atoms with Crippen molar-refractivity contribution in [3.8, 4) is 0 Å². The number of rotatable bonds is 5. The van der Waals surface area contributed by atoms with Crippen molar-refractivity contribution in [3.05, 3.63) is 36.2 Å². The van der Waals surface area contributed by atoms with Gasteiger partial charge in [-0.2, -0.15) is 0 Å². The molecule has 3 heterocycles. The minimum atomic E-state index is -3.24. The summed E-state index contributed by atoms with van der Waals surface area (Å²) in [5.74, 6) is 2.52. The topological polar surface area (TPSA) is 95.9 Å². The molecule has 0 N–H and O–H groups in total. The quantitative estimate of drug-likeness (QED) is 0.619. The van der Waals surface area contributed by atoms with E-state index in [1.54, 1.807) is 18.5 Å². The van der Waals surface area contributed by atoms with Crippen molar-refractivity contribution in [2.45, 2.75) is 50.7 Å². The van der Waals surface area contributed by atoms with Crippen molar-refractivity contribution < 1.29 is 17.9 Å². The van der Waals surface area contributed by atoms with Gasteiger partial charge in [-0.3, -0.25) is 0 Å². The average molecular weight is 500 g/mol. The first-order valence-corrected chi connectivity index (χ1v) is 14.0. The van der Waals surface area contributed by atoms with Crippen LogP contribution in [-0.4, -0.2) is 73.5 Å². The lowest BCUT2D eigenvalue weighted by molar-refractivity contribution is 0.0271. The molecular formula is C25H33N5O4S. The highest BCUT2D eigenvalue weighted by Crippen LogP contribution is 2.50. The molecule has 188 valence electrons. The minimum absolute atomic E-state index is 0.234. The van der Waals surface area contributed by atoms with E-state index in [-0.39, 0.29) is 6.09 Å². The zero-order chi connectivity index (χ0) is 25.1. The van der Waals surface area contributed by atoms with Crippen molar-refractivity contribution in [3.63, 3.8) is 0 Å². The van der Waals surface area contributed by atoms with Crippen LogP contribution in [0.5, 0.6) is 0 Å². The van der Waals surface area contributed by atoms with E-state index in [0.29, 0.717) is 35.9 Å². The Morgan fingerprint density at radius 1 is 1.17 bits per heavy atom. The van der Waals surface area contributed by atoms with Crippen LogP contribution >= 0.6 is 0 Å². The van der Waals surface area contributed by atoms with Gasteiger partial charge in [0.05, 0.1) is 4.90 Å². The number of likely N-dealkylation sites (tertiary alicyclic amines) is 1. The number of ether oxygens (including phenoxy) is 1. The fraction of sp³-hybridized carbons (Fsp3) is 0.560. The molecule has 2 unspecified atom stereocenters. The number of carbonyl (C=O) groups excluding carboxylic acids is 1. The highest BCUT2D eigenvalue weighted by Gasteiger charge is 2.59. The first-order chi connectivity index (χ1) is 16.5. The summed E-state index contributed by atoms with van der Waals surface area (Å²) in [5.41, 5.74) is 1.51. The number of hydrogen-bond donors (Lipinski definition) is 0. The molecule has 35 heavy (non-hydrogen) atoms. The number of hydrogen-bond acceptors (Lipinski definition) is 8. The lowest BCUT2D eigenvalue weighted by Crippen LogP contribution is -2.40. The van der Waals surface area contributed by atoms with Crippen molar-refractivity contribution >= 4 is 33.3 Å². The molecule has 9 nitrogen and oxygen atoms in total. The second-order valence-electron chi connectivity index (χ2n) is 10.7. The lowest BCUT2D eigenvalue weighted by atomic mass is 10.2. The predicted octanol–water partition coefficient (Wildman–Crippen LogP) is 3.27. The second-order valence-corrected chi connectivity index (χ2v) is 12.7. The Morgan fingerprint density at radius 3 is 2.51 bits per heavy atom. The summed E-state index contributed by atoms with van der Waals surface area (Å²) >= 11 is 0. The van der Waals surface area contributed by atoms with E-state index in [1.807, 2.05) is 37.8 Å². The molecule has 5 rings (SSSR count). The van der Waals surface area contributed by atoms with Crippen LogP contribution in [0.4, 0.5) is 22.1 Å². The van der Waals surface area contributed by atoms with Crippen molar-refractivity contribution in [2.24, 2.45) is 11.8 Å². The molecule has 1 amide bonds. The van der Waals surface area contributed by atoms with E-state index in [1.165, 1.54) is 6.26 Å². The van der Waals surface area contributed by atoms with Gasteiger partial charge >= 0.3 is 6.09 Å². The summed E-state index contributed by atoms with van der Waals surface area (Å²) in [6.07, 6.45) is 3.37. The minimum Gasteiger partial charge on any atom is -0.444 e. The number of aromatic nitrogens is 2. The van der Waals surface area contributed by atoms with Crippen LogP contribution in [0.2, 0.25) is 0 Å². The van der Waals surface area contributed by atoms with E-state index in [4.69, 9.17) is 4.74 Å². The molecule has 2 aliphatic heterocycles. The standard InChI is InChI=1S/C25H33N5O4S/c1-6-29(23-18-13-28(14-19(18)23)24(31)34-25(2,3)4)21-12-22(27-15-26-21)30-10-9-16-11-17(35(5,32)33)7-8-20(16)30/h7-8,11-12,15,18-19,23H,6,9-10,13-14H2,1-5H3/t18-,19?,23?/m1/s1. The van der Waals surface area contributed by atoms with Gasteiger partial charge in [-0.05, 0) is 57.9 Å². The summed E-state index contributed by atoms with van der Waals surface area (Å²) in [5, 5.41) is 0. The van der Waals surface area contributed by atoms with Crippen LogP contribution in [0.15, 0.2) is 35.5 Å². The normalized spacial score (nSPS) is 23.2. The van der Waals surface area contributed by atoms with E-state index in [0.717, 1.165) is 42.4 Å². The smallest absolute Gasteiger partial charge is 0.410 e. The van der Waals surface area contributed by atoms with Crippen LogP contribution in [-0.2, 0) is 21.0 Å². The maximum Gasteiger partial charge on any atom is 0.410 e. The number of amides is 1. The Labute approximate surface area is 207 Å². The molecule has 1 aromatic heterocycles. The zero-order valence-electron chi connectivity index (χ0n) is 20.9. The van der Waals surface area contributed by atoms with Crippen LogP contribution in [0.25, 0.3) is 0 Å². The molecule has 0 spiro atoms. The largest absolute Gasteiger partial charge is 0.444 e. The van der Waals surface area contributed by atoms with Crippen molar-refractivity contribution in [2.75, 3.05) is 42.2 Å². The molecule has 3 atom stereocenters. The summed E-state index contributed by atoms with van der Waals surface area (Å²) in [6.45, 7) is 10.8. The fourth-order valence-electron chi connectivity index (χ4n) is 5.45. The number of nitrogens with zero attached hydrogens (tertiary/aromatic N) is 5. The van der Waals surface area contributed by atoms with Gasteiger partial charge in [0, 0.05) is 62.1 Å². The first-order valence-electron chi connectivity index (χ1n) is 12.1. The van der Waals surface area contributed by atoms with Crippen molar-refractivity contribution in [1.82, 2.24) is 14.9 Å². The Morgan fingerprint density at radius 2 is 1.89 bits per heavy atom. The second kappa shape index (κ2) is 8.36. The van der Waals surface area contributed by atoms with Gasteiger partial charge in [-0.1, -0.05) is 0 Å². The summed E-state index contributed by atoms with van der Waals surface area (Å²) in [6, 6.07) is 7.67. The van der Waals surface area contributed by atoms with Gasteiger partial charge in [-0.15, -0.1) is 0 Å². The van der Waals surface area contributed by atoms with E-state index >= 15 is 0 Å². The Hall–Kier alpha value is -2.88. The Bertz CT molecular complexity index is 1250. The number of anilines is 3. The van der Waals surface area contributed by atoms with E-state index in [9.17, 15) is 13.2 Å². The zero-order valence-corrected chi connectivity index (χ0v) is 21.7. The van der Waals surface area contributed by atoms with Crippen LogP contribution in [0.3, 0.4) is 0 Å². The molecule has 10 heteroatoms. The number of piperidine rings is 1. The van der Waals surface area contributed by atoms with Gasteiger partial charge in [0.15, 0.2) is 9.84 Å². The summed E-state index contributed by atoms with van der Waals surface area (Å²) in [4.78, 5) is 28.2. The molecular weight excluding hydrogens is 466 g/mol. The van der Waals surface area contributed by atoms with Crippen LogP contribution in [0.1, 0.15) is 33.3 Å². The third-order valence-corrected chi connectivity index (χ3v) is 8.20. The van der Waals surface area contributed by atoms with Crippen LogP contribution in [0, 0.1) is 11.8 Å². The molecule has 1 aliphatic carbocycles. The third kappa shape index (κ3) is 4.55.